The van der Waals surface area contributed by atoms with E-state index in [0.29, 0.717) is 31.9 Å². The highest BCUT2D eigenvalue weighted by molar-refractivity contribution is 5.98. The lowest BCUT2D eigenvalue weighted by Crippen LogP contribution is -2.31. The molecule has 1 aromatic carbocycles. The molecule has 0 spiro atoms. The molecule has 2 aromatic rings. The van der Waals surface area contributed by atoms with Gasteiger partial charge in [-0.1, -0.05) is 0 Å². The number of carbonyl (C=O) groups excluding carboxylic acids is 1. The quantitative estimate of drug-likeness (QED) is 0.633. The Morgan fingerprint density at radius 1 is 1.27 bits per heavy atom. The Bertz CT molecular complexity index is 964. The Kier molecular flexibility index (Phi) is 6.85. The van der Waals surface area contributed by atoms with Crippen molar-refractivity contribution in [2.45, 2.75) is 53.4 Å². The van der Waals surface area contributed by atoms with Crippen LogP contribution in [0.4, 0.5) is 0 Å². The van der Waals surface area contributed by atoms with E-state index < -0.39 is 5.97 Å². The summed E-state index contributed by atoms with van der Waals surface area (Å²) in [7, 11) is 0. The minimum absolute atomic E-state index is 0.142. The Morgan fingerprint density at radius 3 is 2.60 bits per heavy atom. The molecular formula is C24H31NO5. The summed E-state index contributed by atoms with van der Waals surface area (Å²) in [6.45, 7) is 8.92. The lowest BCUT2D eigenvalue weighted by atomic mass is 9.82. The number of amides is 1. The van der Waals surface area contributed by atoms with Crippen molar-refractivity contribution in [1.29, 1.82) is 0 Å². The number of allylic oxidation sites excluding steroid dienone is 1. The fraction of sp³-hybridized carbons (Fsp3) is 0.500. The van der Waals surface area contributed by atoms with E-state index in [0.717, 1.165) is 51.8 Å². The van der Waals surface area contributed by atoms with Crippen LogP contribution in [0, 0.1) is 25.7 Å². The van der Waals surface area contributed by atoms with Gasteiger partial charge in [-0.3, -0.25) is 9.59 Å². The van der Waals surface area contributed by atoms with Crippen LogP contribution < -0.4 is 10.1 Å². The van der Waals surface area contributed by atoms with Gasteiger partial charge in [0, 0.05) is 29.1 Å². The van der Waals surface area contributed by atoms with E-state index in [2.05, 4.69) is 5.32 Å². The van der Waals surface area contributed by atoms with Crippen LogP contribution in [-0.2, 0) is 9.59 Å². The van der Waals surface area contributed by atoms with Gasteiger partial charge in [0.25, 0.3) is 0 Å². The summed E-state index contributed by atoms with van der Waals surface area (Å²) in [6, 6.07) is 2.03. The molecule has 3 rings (SSSR count). The van der Waals surface area contributed by atoms with E-state index in [4.69, 9.17) is 14.3 Å². The smallest absolute Gasteiger partial charge is 0.306 e. The number of rotatable bonds is 7. The van der Waals surface area contributed by atoms with Crippen molar-refractivity contribution in [3.63, 3.8) is 0 Å². The topological polar surface area (TPSA) is 88.8 Å². The predicted octanol–water partition coefficient (Wildman–Crippen LogP) is 4.86. The zero-order chi connectivity index (χ0) is 21.8. The number of aryl methyl sites for hydroxylation is 2. The van der Waals surface area contributed by atoms with Gasteiger partial charge >= 0.3 is 5.97 Å². The Labute approximate surface area is 177 Å². The van der Waals surface area contributed by atoms with Crippen molar-refractivity contribution in [2.24, 2.45) is 11.8 Å². The summed E-state index contributed by atoms with van der Waals surface area (Å²) >= 11 is 0. The number of ether oxygens (including phenoxy) is 1. The third-order valence-electron chi connectivity index (χ3n) is 6.06. The lowest BCUT2D eigenvalue weighted by Gasteiger charge is -2.26. The van der Waals surface area contributed by atoms with Crippen LogP contribution in [0.15, 0.2) is 22.8 Å². The minimum atomic E-state index is -0.707. The second kappa shape index (κ2) is 9.37. The molecule has 0 bridgehead atoms. The highest BCUT2D eigenvalue weighted by Gasteiger charge is 2.26. The van der Waals surface area contributed by atoms with Gasteiger partial charge in [0.15, 0.2) is 0 Å². The fourth-order valence-electron chi connectivity index (χ4n) is 4.25. The summed E-state index contributed by atoms with van der Waals surface area (Å²) < 4.78 is 11.6. The molecule has 1 amide bonds. The summed E-state index contributed by atoms with van der Waals surface area (Å²) in [5.41, 5.74) is 4.51. The van der Waals surface area contributed by atoms with Gasteiger partial charge in [-0.05, 0) is 76.5 Å². The number of aliphatic carboxylic acids is 1. The normalized spacial score (nSPS) is 19.7. The van der Waals surface area contributed by atoms with Crippen LogP contribution in [0.1, 0.15) is 56.2 Å². The first-order chi connectivity index (χ1) is 14.3. The molecule has 0 unspecified atom stereocenters. The summed E-state index contributed by atoms with van der Waals surface area (Å²) in [5, 5.41) is 13.1. The van der Waals surface area contributed by atoms with E-state index in [-0.39, 0.29) is 11.8 Å². The molecule has 0 saturated heterocycles. The van der Waals surface area contributed by atoms with Gasteiger partial charge in [0.05, 0.1) is 18.8 Å². The number of fused-ring (bicyclic) bond motifs is 1. The van der Waals surface area contributed by atoms with Gasteiger partial charge < -0.3 is 19.6 Å². The molecule has 0 atom stereocenters. The first-order valence-electron chi connectivity index (χ1n) is 10.6. The Morgan fingerprint density at radius 2 is 1.97 bits per heavy atom. The number of nitrogens with one attached hydrogen (secondary N) is 1. The van der Waals surface area contributed by atoms with Crippen molar-refractivity contribution in [3.8, 4) is 5.75 Å². The molecule has 6 heteroatoms. The number of hydrogen-bond acceptors (Lipinski definition) is 4. The minimum Gasteiger partial charge on any atom is -0.493 e. The van der Waals surface area contributed by atoms with Crippen LogP contribution in [0.2, 0.25) is 0 Å². The SMILES string of the molecule is CCOc1c(/C(C)=C/C(=O)NCC2CCC(C(=O)O)CC2)cc2c(C)coc2c1C. The molecule has 30 heavy (non-hydrogen) atoms. The molecule has 0 aliphatic heterocycles. The van der Waals surface area contributed by atoms with Gasteiger partial charge in [0.2, 0.25) is 5.91 Å². The second-order valence-corrected chi connectivity index (χ2v) is 8.24. The van der Waals surface area contributed by atoms with E-state index in [1.54, 1.807) is 12.3 Å². The monoisotopic (exact) mass is 413 g/mol. The zero-order valence-corrected chi connectivity index (χ0v) is 18.2. The zero-order valence-electron chi connectivity index (χ0n) is 18.2. The van der Waals surface area contributed by atoms with Crippen molar-refractivity contribution in [2.75, 3.05) is 13.2 Å². The van der Waals surface area contributed by atoms with E-state index >= 15 is 0 Å². The van der Waals surface area contributed by atoms with Crippen LogP contribution in [0.3, 0.4) is 0 Å². The maximum atomic E-state index is 12.5. The van der Waals surface area contributed by atoms with Gasteiger partial charge in [-0.25, -0.2) is 0 Å². The van der Waals surface area contributed by atoms with Gasteiger partial charge in [-0.15, -0.1) is 0 Å². The molecule has 1 aromatic heterocycles. The fourth-order valence-corrected chi connectivity index (χ4v) is 4.25. The van der Waals surface area contributed by atoms with Gasteiger partial charge in [-0.2, -0.15) is 0 Å². The molecule has 1 saturated carbocycles. The molecule has 1 heterocycles. The average molecular weight is 414 g/mol. The number of furan rings is 1. The molecule has 162 valence electrons. The maximum Gasteiger partial charge on any atom is 0.306 e. The largest absolute Gasteiger partial charge is 0.493 e. The highest BCUT2D eigenvalue weighted by atomic mass is 16.5. The molecular weight excluding hydrogens is 382 g/mol. The van der Waals surface area contributed by atoms with Gasteiger partial charge in [0.1, 0.15) is 11.3 Å². The number of hydrogen-bond donors (Lipinski definition) is 2. The van der Waals surface area contributed by atoms with Crippen molar-refractivity contribution >= 4 is 28.4 Å². The van der Waals surface area contributed by atoms with E-state index in [9.17, 15) is 9.59 Å². The predicted molar refractivity (Wildman–Crippen MR) is 117 cm³/mol. The third kappa shape index (κ3) is 4.69. The van der Waals surface area contributed by atoms with E-state index in [1.165, 1.54) is 0 Å². The first-order valence-corrected chi connectivity index (χ1v) is 10.6. The van der Waals surface area contributed by atoms with Crippen molar-refractivity contribution < 1.29 is 23.8 Å². The van der Waals surface area contributed by atoms with Crippen LogP contribution in [-0.4, -0.2) is 30.1 Å². The van der Waals surface area contributed by atoms with E-state index in [1.807, 2.05) is 33.8 Å². The highest BCUT2D eigenvalue weighted by Crippen LogP contribution is 2.37. The summed E-state index contributed by atoms with van der Waals surface area (Å²) in [6.07, 6.45) is 6.40. The number of benzene rings is 1. The molecule has 6 nitrogen and oxygen atoms in total. The molecule has 1 aliphatic rings. The maximum absolute atomic E-state index is 12.5. The van der Waals surface area contributed by atoms with Crippen molar-refractivity contribution in [1.82, 2.24) is 5.32 Å². The number of carboxylic acids is 1. The molecule has 0 radical (unpaired) electrons. The molecule has 1 aliphatic carbocycles. The van der Waals surface area contributed by atoms with Crippen LogP contribution in [0.25, 0.3) is 16.5 Å². The number of carbonyl (C=O) groups is 2. The Hall–Kier alpha value is -2.76. The average Bonchev–Trinajstić information content (AvgIpc) is 3.09. The summed E-state index contributed by atoms with van der Waals surface area (Å²) in [5.74, 6) is -0.00355. The van der Waals surface area contributed by atoms with Crippen LogP contribution >= 0.6 is 0 Å². The molecule has 1 fully saturated rings. The summed E-state index contributed by atoms with van der Waals surface area (Å²) in [4.78, 5) is 23.6. The number of carboxylic acid groups (broad SMARTS) is 1. The van der Waals surface area contributed by atoms with Crippen molar-refractivity contribution in [3.05, 3.63) is 35.1 Å². The standard InChI is InChI=1S/C24H31NO5/c1-5-29-22-16(4)23-20(15(3)13-30-23)11-19(22)14(2)10-21(26)25-12-17-6-8-18(9-7-17)24(27)28/h10-11,13,17-18H,5-9,12H2,1-4H3,(H,25,26)(H,27,28)/b14-10+. The first kappa shape index (κ1) is 21.9. The second-order valence-electron chi connectivity index (χ2n) is 8.24. The third-order valence-corrected chi connectivity index (χ3v) is 6.06. The lowest BCUT2D eigenvalue weighted by molar-refractivity contribution is -0.143. The van der Waals surface area contributed by atoms with Crippen LogP contribution in [0.5, 0.6) is 5.75 Å². The Balaban J connectivity index is 1.72. The molecule has 2 N–H and O–H groups in total.